The van der Waals surface area contributed by atoms with Gasteiger partial charge in [-0.25, -0.2) is 0 Å². The average Bonchev–Trinajstić information content (AvgIpc) is 3.42. The number of carbonyl (C=O) groups is 2. The van der Waals surface area contributed by atoms with Crippen molar-refractivity contribution in [2.75, 3.05) is 13.2 Å². The summed E-state index contributed by atoms with van der Waals surface area (Å²) in [5.41, 5.74) is 3.92. The van der Waals surface area contributed by atoms with Gasteiger partial charge in [0.25, 0.3) is 0 Å². The van der Waals surface area contributed by atoms with E-state index in [1.54, 1.807) is 36.4 Å². The number of aryl methyl sites for hydroxylation is 1. The number of carbonyl (C=O) groups excluding carboxylic acids is 2. The summed E-state index contributed by atoms with van der Waals surface area (Å²) in [4.78, 5) is 25.3. The third-order valence-corrected chi connectivity index (χ3v) is 5.81. The number of benzene rings is 2. The third-order valence-electron chi connectivity index (χ3n) is 5.81. The van der Waals surface area contributed by atoms with Gasteiger partial charge >= 0.3 is 0 Å². The van der Waals surface area contributed by atoms with Crippen LogP contribution in [-0.2, 0) is 11.3 Å². The van der Waals surface area contributed by atoms with Crippen LogP contribution in [0.5, 0.6) is 5.75 Å². The molecule has 3 aromatic rings. The van der Waals surface area contributed by atoms with Crippen molar-refractivity contribution in [1.29, 1.82) is 0 Å². The molecule has 1 unspecified atom stereocenters. The molecule has 0 radical (unpaired) electrons. The molecule has 1 aliphatic rings. The van der Waals surface area contributed by atoms with Crippen LogP contribution in [0.4, 0.5) is 0 Å². The fourth-order valence-corrected chi connectivity index (χ4v) is 4.04. The van der Waals surface area contributed by atoms with E-state index in [0.29, 0.717) is 22.4 Å². The number of rotatable bonds is 8. The minimum absolute atomic E-state index is 0.0399. The maximum atomic E-state index is 12.8. The zero-order valence-electron chi connectivity index (χ0n) is 18.0. The van der Waals surface area contributed by atoms with Crippen molar-refractivity contribution in [3.8, 4) is 5.75 Å². The Hall–Kier alpha value is -3.18. The number of nitrogens with zero attached hydrogens (tertiary/aromatic N) is 1. The highest BCUT2D eigenvalue weighted by Gasteiger charge is 2.21. The predicted molar refractivity (Wildman–Crippen MR) is 119 cm³/mol. The topological polar surface area (TPSA) is 57.5 Å². The number of Topliss-reactive ketones (excluding diaryl/α,β-unsaturated/α-hetero) is 1. The fraction of sp³-hybridized carbons (Fsp3) is 0.308. The van der Waals surface area contributed by atoms with Gasteiger partial charge in [0, 0.05) is 41.2 Å². The molecular weight excluding hydrogens is 390 g/mol. The largest absolute Gasteiger partial charge is 0.485 e. The van der Waals surface area contributed by atoms with Gasteiger partial charge in [0.05, 0.1) is 6.10 Å². The molecule has 0 N–H and O–H groups in total. The Morgan fingerprint density at radius 2 is 1.74 bits per heavy atom. The summed E-state index contributed by atoms with van der Waals surface area (Å²) in [6.45, 7) is 5.54. The van der Waals surface area contributed by atoms with Crippen molar-refractivity contribution in [3.63, 3.8) is 0 Å². The van der Waals surface area contributed by atoms with Crippen LogP contribution in [0.3, 0.4) is 0 Å². The van der Waals surface area contributed by atoms with Crippen LogP contribution < -0.4 is 4.74 Å². The lowest BCUT2D eigenvalue weighted by Crippen LogP contribution is -2.18. The lowest BCUT2D eigenvalue weighted by molar-refractivity contribution is 0.0914. The van der Waals surface area contributed by atoms with Gasteiger partial charge in [-0.1, -0.05) is 30.3 Å². The molecule has 5 nitrogen and oxygen atoms in total. The molecule has 4 rings (SSSR count). The SMILES string of the molecule is Cc1cc(C(=O)COc2ccc(C(=O)c3ccccc3)cc2)c(C)n1CC1CCCO1. The van der Waals surface area contributed by atoms with Crippen LogP contribution in [0.25, 0.3) is 0 Å². The molecule has 1 aromatic heterocycles. The van der Waals surface area contributed by atoms with Gasteiger partial charge in [-0.3, -0.25) is 9.59 Å². The zero-order chi connectivity index (χ0) is 21.8. The molecular formula is C26H27NO4. The summed E-state index contributed by atoms with van der Waals surface area (Å²) in [7, 11) is 0. The van der Waals surface area contributed by atoms with Crippen molar-refractivity contribution in [2.24, 2.45) is 0 Å². The summed E-state index contributed by atoms with van der Waals surface area (Å²) < 4.78 is 13.6. The quantitative estimate of drug-likeness (QED) is 0.495. The maximum absolute atomic E-state index is 12.8. The summed E-state index contributed by atoms with van der Waals surface area (Å²) in [6.07, 6.45) is 2.38. The van der Waals surface area contributed by atoms with E-state index in [-0.39, 0.29) is 24.3 Å². The van der Waals surface area contributed by atoms with Gasteiger partial charge in [-0.2, -0.15) is 0 Å². The fourth-order valence-electron chi connectivity index (χ4n) is 4.04. The van der Waals surface area contributed by atoms with Crippen LogP contribution in [0.1, 0.15) is 50.5 Å². The summed E-state index contributed by atoms with van der Waals surface area (Å²) in [5.74, 6) is 0.462. The van der Waals surface area contributed by atoms with Gasteiger partial charge in [0.2, 0.25) is 5.78 Å². The smallest absolute Gasteiger partial charge is 0.202 e. The van der Waals surface area contributed by atoms with Crippen molar-refractivity contribution >= 4 is 11.6 Å². The summed E-state index contributed by atoms with van der Waals surface area (Å²) in [5, 5.41) is 0. The second kappa shape index (κ2) is 9.31. The highest BCUT2D eigenvalue weighted by molar-refractivity contribution is 6.09. The molecule has 0 saturated carbocycles. The van der Waals surface area contributed by atoms with Crippen LogP contribution in [0, 0.1) is 13.8 Å². The number of aromatic nitrogens is 1. The Morgan fingerprint density at radius 3 is 2.42 bits per heavy atom. The standard InChI is InChI=1S/C26H27NO4/c1-18-15-24(19(2)27(18)16-23-9-6-14-30-23)25(28)17-31-22-12-10-21(11-13-22)26(29)20-7-4-3-5-8-20/h3-5,7-8,10-13,15,23H,6,9,14,16-17H2,1-2H3. The van der Waals surface area contributed by atoms with Crippen molar-refractivity contribution in [1.82, 2.24) is 4.57 Å². The van der Waals surface area contributed by atoms with Gasteiger partial charge < -0.3 is 14.0 Å². The van der Waals surface area contributed by atoms with Gasteiger partial charge in [-0.05, 0) is 57.0 Å². The molecule has 2 aromatic carbocycles. The Labute approximate surface area is 182 Å². The molecule has 0 bridgehead atoms. The van der Waals surface area contributed by atoms with Crippen LogP contribution in [0.2, 0.25) is 0 Å². The van der Waals surface area contributed by atoms with Crippen molar-refractivity contribution in [2.45, 2.75) is 39.3 Å². The van der Waals surface area contributed by atoms with E-state index in [0.717, 1.165) is 37.4 Å². The molecule has 1 aliphatic heterocycles. The third kappa shape index (κ3) is 4.78. The second-order valence-electron chi connectivity index (χ2n) is 7.96. The molecule has 5 heteroatoms. The van der Waals surface area contributed by atoms with E-state index in [1.807, 2.05) is 38.1 Å². The lowest BCUT2D eigenvalue weighted by atomic mass is 10.0. The Morgan fingerprint density at radius 1 is 1.03 bits per heavy atom. The normalized spacial score (nSPS) is 15.7. The van der Waals surface area contributed by atoms with Crippen molar-refractivity contribution < 1.29 is 19.1 Å². The molecule has 31 heavy (non-hydrogen) atoms. The predicted octanol–water partition coefficient (Wildman–Crippen LogP) is 4.78. The number of hydrogen-bond donors (Lipinski definition) is 0. The first kappa shape index (κ1) is 21.1. The first-order valence-electron chi connectivity index (χ1n) is 10.7. The molecule has 2 heterocycles. The Kier molecular flexibility index (Phi) is 6.33. The van der Waals surface area contributed by atoms with E-state index >= 15 is 0 Å². The van der Waals surface area contributed by atoms with E-state index in [2.05, 4.69) is 4.57 Å². The van der Waals surface area contributed by atoms with E-state index in [9.17, 15) is 9.59 Å². The van der Waals surface area contributed by atoms with Gasteiger partial charge in [-0.15, -0.1) is 0 Å². The first-order chi connectivity index (χ1) is 15.0. The van der Waals surface area contributed by atoms with E-state index < -0.39 is 0 Å². The molecule has 0 spiro atoms. The zero-order valence-corrected chi connectivity index (χ0v) is 18.0. The van der Waals surface area contributed by atoms with Crippen LogP contribution in [0.15, 0.2) is 60.7 Å². The number of ether oxygens (including phenoxy) is 2. The van der Waals surface area contributed by atoms with E-state index in [1.165, 1.54) is 0 Å². The Balaban J connectivity index is 1.38. The van der Waals surface area contributed by atoms with Gasteiger partial charge in [0.15, 0.2) is 12.4 Å². The summed E-state index contributed by atoms with van der Waals surface area (Å²) >= 11 is 0. The maximum Gasteiger partial charge on any atom is 0.202 e. The Bertz CT molecular complexity index is 1060. The monoisotopic (exact) mass is 417 g/mol. The minimum Gasteiger partial charge on any atom is -0.485 e. The average molecular weight is 418 g/mol. The van der Waals surface area contributed by atoms with E-state index in [4.69, 9.17) is 9.47 Å². The van der Waals surface area contributed by atoms with Crippen LogP contribution in [-0.4, -0.2) is 35.5 Å². The highest BCUT2D eigenvalue weighted by atomic mass is 16.5. The summed E-state index contributed by atoms with van der Waals surface area (Å²) in [6, 6.07) is 18.0. The highest BCUT2D eigenvalue weighted by Crippen LogP contribution is 2.21. The minimum atomic E-state index is -0.0591. The molecule has 0 aliphatic carbocycles. The molecule has 1 atom stereocenters. The first-order valence-corrected chi connectivity index (χ1v) is 10.7. The van der Waals surface area contributed by atoms with Crippen molar-refractivity contribution in [3.05, 3.63) is 88.7 Å². The second-order valence-corrected chi connectivity index (χ2v) is 7.96. The molecule has 0 amide bonds. The van der Waals surface area contributed by atoms with Crippen LogP contribution >= 0.6 is 0 Å². The van der Waals surface area contributed by atoms with Gasteiger partial charge in [0.1, 0.15) is 5.75 Å². The number of ketones is 2. The number of hydrogen-bond acceptors (Lipinski definition) is 4. The molecule has 1 fully saturated rings. The molecule has 160 valence electrons. The molecule has 1 saturated heterocycles. The lowest BCUT2D eigenvalue weighted by Gasteiger charge is -2.14.